The van der Waals surface area contributed by atoms with Gasteiger partial charge < -0.3 is 10.5 Å². The van der Waals surface area contributed by atoms with Crippen molar-refractivity contribution in [2.45, 2.75) is 26.7 Å². The number of nitrogens with two attached hydrogens (primary N) is 1. The maximum atomic E-state index is 8.85. The van der Waals surface area contributed by atoms with E-state index < -0.39 is 0 Å². The number of nitriles is 1. The third-order valence-corrected chi connectivity index (χ3v) is 3.60. The summed E-state index contributed by atoms with van der Waals surface area (Å²) in [6, 6.07) is 10.9. The Balaban J connectivity index is 2.40. The summed E-state index contributed by atoms with van der Waals surface area (Å²) in [5.74, 6) is 1.56. The van der Waals surface area contributed by atoms with Gasteiger partial charge in [-0.15, -0.1) is 0 Å². The molecule has 2 N–H and O–H groups in total. The molecule has 2 aromatic carbocycles. The van der Waals surface area contributed by atoms with Gasteiger partial charge in [0.2, 0.25) is 0 Å². The zero-order valence-electron chi connectivity index (χ0n) is 12.3. The fourth-order valence-electron chi connectivity index (χ4n) is 2.05. The Morgan fingerprint density at radius 2 is 1.90 bits per heavy atom. The van der Waals surface area contributed by atoms with Gasteiger partial charge >= 0.3 is 0 Å². The molecule has 0 aliphatic carbocycles. The van der Waals surface area contributed by atoms with E-state index in [2.05, 4.69) is 13.8 Å². The zero-order chi connectivity index (χ0) is 15.6. The van der Waals surface area contributed by atoms with Crippen molar-refractivity contribution in [3.8, 4) is 17.6 Å². The summed E-state index contributed by atoms with van der Waals surface area (Å²) in [7, 11) is 0. The van der Waals surface area contributed by atoms with Crippen LogP contribution >= 0.6 is 11.6 Å². The second-order valence-electron chi connectivity index (χ2n) is 5.26. The second kappa shape index (κ2) is 6.07. The van der Waals surface area contributed by atoms with Gasteiger partial charge in [0, 0.05) is 5.02 Å². The van der Waals surface area contributed by atoms with E-state index in [1.54, 1.807) is 18.2 Å². The second-order valence-corrected chi connectivity index (χ2v) is 5.67. The van der Waals surface area contributed by atoms with Crippen LogP contribution in [0.5, 0.6) is 11.5 Å². The number of aryl methyl sites for hydroxylation is 1. The molecule has 0 heterocycles. The number of anilines is 1. The first-order valence-corrected chi connectivity index (χ1v) is 7.07. The minimum absolute atomic E-state index is 0.304. The Bertz CT molecular complexity index is 717. The molecule has 2 rings (SSSR count). The Morgan fingerprint density at radius 3 is 2.48 bits per heavy atom. The van der Waals surface area contributed by atoms with Crippen LogP contribution < -0.4 is 10.5 Å². The predicted octanol–water partition coefficient (Wildman–Crippen LogP) is 5.02. The molecular formula is C17H17ClN2O. The molecule has 0 aliphatic heterocycles. The molecule has 0 saturated carbocycles. The van der Waals surface area contributed by atoms with Gasteiger partial charge in [-0.05, 0) is 54.3 Å². The van der Waals surface area contributed by atoms with E-state index in [0.717, 1.165) is 21.9 Å². The van der Waals surface area contributed by atoms with E-state index in [9.17, 15) is 0 Å². The van der Waals surface area contributed by atoms with Crippen LogP contribution in [0.1, 0.15) is 36.5 Å². The first-order chi connectivity index (χ1) is 9.92. The topological polar surface area (TPSA) is 59.0 Å². The van der Waals surface area contributed by atoms with E-state index in [1.165, 1.54) is 0 Å². The van der Waals surface area contributed by atoms with Crippen molar-refractivity contribution >= 4 is 17.3 Å². The molecule has 0 unspecified atom stereocenters. The summed E-state index contributed by atoms with van der Waals surface area (Å²) >= 11 is 6.25. The Hall–Kier alpha value is -2.18. The van der Waals surface area contributed by atoms with Gasteiger partial charge in [0.1, 0.15) is 11.5 Å². The highest BCUT2D eigenvalue weighted by Crippen LogP contribution is 2.35. The lowest BCUT2D eigenvalue weighted by atomic mass is 10.0. The zero-order valence-corrected chi connectivity index (χ0v) is 13.0. The average Bonchev–Trinajstić information content (AvgIpc) is 2.43. The lowest BCUT2D eigenvalue weighted by Gasteiger charge is -2.15. The van der Waals surface area contributed by atoms with Crippen LogP contribution in [0.3, 0.4) is 0 Å². The molecule has 3 nitrogen and oxygen atoms in total. The minimum Gasteiger partial charge on any atom is -0.455 e. The molecule has 0 aliphatic rings. The fourth-order valence-corrected chi connectivity index (χ4v) is 2.49. The van der Waals surface area contributed by atoms with E-state index in [1.807, 2.05) is 25.1 Å². The molecule has 0 fully saturated rings. The van der Waals surface area contributed by atoms with Crippen LogP contribution in [-0.4, -0.2) is 0 Å². The molecule has 21 heavy (non-hydrogen) atoms. The molecule has 108 valence electrons. The number of halogens is 1. The Morgan fingerprint density at radius 1 is 1.19 bits per heavy atom. The van der Waals surface area contributed by atoms with Crippen LogP contribution in [0.2, 0.25) is 5.02 Å². The van der Waals surface area contributed by atoms with Crippen molar-refractivity contribution in [1.29, 1.82) is 5.26 Å². The molecular weight excluding hydrogens is 284 g/mol. The predicted molar refractivity (Wildman–Crippen MR) is 85.9 cm³/mol. The third kappa shape index (κ3) is 3.29. The molecule has 0 bridgehead atoms. The minimum atomic E-state index is 0.304. The van der Waals surface area contributed by atoms with Gasteiger partial charge in [0.15, 0.2) is 0 Å². The van der Waals surface area contributed by atoms with Crippen molar-refractivity contribution in [3.63, 3.8) is 0 Å². The van der Waals surface area contributed by atoms with Gasteiger partial charge in [-0.3, -0.25) is 0 Å². The number of nitrogens with zero attached hydrogens (tertiary/aromatic N) is 1. The van der Waals surface area contributed by atoms with E-state index in [4.69, 9.17) is 27.3 Å². The van der Waals surface area contributed by atoms with E-state index in [0.29, 0.717) is 22.9 Å². The molecule has 0 radical (unpaired) electrons. The molecule has 4 heteroatoms. The maximum Gasteiger partial charge on any atom is 0.150 e. The highest BCUT2D eigenvalue weighted by atomic mass is 35.5. The van der Waals surface area contributed by atoms with Crippen LogP contribution in [0.25, 0.3) is 0 Å². The number of rotatable bonds is 3. The summed E-state index contributed by atoms with van der Waals surface area (Å²) < 4.78 is 5.89. The van der Waals surface area contributed by atoms with Crippen molar-refractivity contribution in [3.05, 3.63) is 52.0 Å². The SMILES string of the molecule is Cc1cc(Cl)c(C(C)C)cc1Oc1ccc(C#N)cc1N. The Kier molecular flexibility index (Phi) is 4.40. The van der Waals surface area contributed by atoms with Gasteiger partial charge in [0.25, 0.3) is 0 Å². The summed E-state index contributed by atoms with van der Waals surface area (Å²) in [6.07, 6.45) is 0. The summed E-state index contributed by atoms with van der Waals surface area (Å²) in [6.45, 7) is 6.10. The first-order valence-electron chi connectivity index (χ1n) is 6.70. The molecule has 0 atom stereocenters. The normalized spacial score (nSPS) is 10.5. The van der Waals surface area contributed by atoms with Gasteiger partial charge in [-0.1, -0.05) is 25.4 Å². The smallest absolute Gasteiger partial charge is 0.150 e. The number of benzene rings is 2. The van der Waals surface area contributed by atoms with Crippen LogP contribution in [0, 0.1) is 18.3 Å². The average molecular weight is 301 g/mol. The number of ether oxygens (including phenoxy) is 1. The first kappa shape index (κ1) is 15.2. The third-order valence-electron chi connectivity index (χ3n) is 3.28. The monoisotopic (exact) mass is 300 g/mol. The van der Waals surface area contributed by atoms with Crippen LogP contribution in [-0.2, 0) is 0 Å². The molecule has 0 spiro atoms. The molecule has 2 aromatic rings. The standard InChI is InChI=1S/C17H17ClN2O/c1-10(2)13-8-17(11(3)6-14(13)18)21-16-5-4-12(9-19)7-15(16)20/h4-8,10H,20H2,1-3H3. The van der Waals surface area contributed by atoms with Crippen molar-refractivity contribution in [2.24, 2.45) is 0 Å². The van der Waals surface area contributed by atoms with Crippen molar-refractivity contribution < 1.29 is 4.74 Å². The molecule has 0 aromatic heterocycles. The van der Waals surface area contributed by atoms with E-state index >= 15 is 0 Å². The van der Waals surface area contributed by atoms with Crippen molar-refractivity contribution in [2.75, 3.05) is 5.73 Å². The van der Waals surface area contributed by atoms with Crippen LogP contribution in [0.4, 0.5) is 5.69 Å². The lowest BCUT2D eigenvalue weighted by Crippen LogP contribution is -1.97. The maximum absolute atomic E-state index is 8.85. The molecule has 0 saturated heterocycles. The highest BCUT2D eigenvalue weighted by Gasteiger charge is 2.12. The van der Waals surface area contributed by atoms with Crippen LogP contribution in [0.15, 0.2) is 30.3 Å². The number of hydrogen-bond acceptors (Lipinski definition) is 3. The van der Waals surface area contributed by atoms with Gasteiger partial charge in [-0.2, -0.15) is 5.26 Å². The summed E-state index contributed by atoms with van der Waals surface area (Å²) in [5, 5.41) is 9.59. The van der Waals surface area contributed by atoms with Gasteiger partial charge in [0.05, 0.1) is 17.3 Å². The highest BCUT2D eigenvalue weighted by molar-refractivity contribution is 6.31. The number of nitrogen functional groups attached to an aromatic ring is 1. The largest absolute Gasteiger partial charge is 0.455 e. The van der Waals surface area contributed by atoms with E-state index in [-0.39, 0.29) is 0 Å². The fraction of sp³-hybridized carbons (Fsp3) is 0.235. The van der Waals surface area contributed by atoms with Gasteiger partial charge in [-0.25, -0.2) is 0 Å². The summed E-state index contributed by atoms with van der Waals surface area (Å²) in [4.78, 5) is 0. The molecule has 0 amide bonds. The van der Waals surface area contributed by atoms with Crippen molar-refractivity contribution in [1.82, 2.24) is 0 Å². The number of hydrogen-bond donors (Lipinski definition) is 1. The lowest BCUT2D eigenvalue weighted by molar-refractivity contribution is 0.480. The quantitative estimate of drug-likeness (QED) is 0.810. The summed E-state index contributed by atoms with van der Waals surface area (Å²) in [5.41, 5.74) is 8.84. The Labute approximate surface area is 129 Å².